The molecule has 1 unspecified atom stereocenters. The first-order valence-electron chi connectivity index (χ1n) is 7.70. The van der Waals surface area contributed by atoms with E-state index in [1.54, 1.807) is 0 Å². The van der Waals surface area contributed by atoms with Crippen LogP contribution in [0.4, 0.5) is 13.2 Å². The van der Waals surface area contributed by atoms with Crippen LogP contribution >= 0.6 is 0 Å². The van der Waals surface area contributed by atoms with Crippen molar-refractivity contribution in [2.75, 3.05) is 13.2 Å². The molecule has 1 atom stereocenters. The van der Waals surface area contributed by atoms with E-state index in [0.717, 1.165) is 30.5 Å². The van der Waals surface area contributed by atoms with Gasteiger partial charge in [-0.05, 0) is 43.9 Å². The molecule has 1 aliphatic carbocycles. The average Bonchev–Trinajstić information content (AvgIpc) is 3.35. The van der Waals surface area contributed by atoms with Gasteiger partial charge in [-0.2, -0.15) is 13.2 Å². The third-order valence-corrected chi connectivity index (χ3v) is 3.70. The number of hydrogen-bond donors (Lipinski definition) is 2. The lowest BCUT2D eigenvalue weighted by Gasteiger charge is -2.14. The van der Waals surface area contributed by atoms with Gasteiger partial charge in [0.2, 0.25) is 5.91 Å². The fourth-order valence-corrected chi connectivity index (χ4v) is 2.15. The number of aliphatic hydroxyl groups is 1. The maximum atomic E-state index is 12.6. The lowest BCUT2D eigenvalue weighted by atomic mass is 10.2. The molecular formula is C17H20F3NO3. The number of halogens is 3. The molecule has 2 rings (SSSR count). The summed E-state index contributed by atoms with van der Waals surface area (Å²) < 4.78 is 42.9. The van der Waals surface area contributed by atoms with E-state index in [1.807, 2.05) is 6.92 Å². The molecule has 0 bridgehead atoms. The summed E-state index contributed by atoms with van der Waals surface area (Å²) in [6, 6.07) is 4.42. The van der Waals surface area contributed by atoms with Gasteiger partial charge in [0.15, 0.2) is 0 Å². The van der Waals surface area contributed by atoms with Crippen molar-refractivity contribution >= 4 is 5.91 Å². The lowest BCUT2D eigenvalue weighted by Crippen LogP contribution is -2.34. The molecule has 1 aliphatic rings. The van der Waals surface area contributed by atoms with Crippen molar-refractivity contribution < 1.29 is 27.8 Å². The zero-order valence-electron chi connectivity index (χ0n) is 13.3. The van der Waals surface area contributed by atoms with Gasteiger partial charge in [-0.25, -0.2) is 0 Å². The summed E-state index contributed by atoms with van der Waals surface area (Å²) in [4.78, 5) is 11.7. The minimum Gasteiger partial charge on any atom is -0.491 e. The number of nitrogens with one attached hydrogen (secondary N) is 1. The van der Waals surface area contributed by atoms with Gasteiger partial charge in [0.1, 0.15) is 18.5 Å². The van der Waals surface area contributed by atoms with Crippen molar-refractivity contribution in [2.45, 2.75) is 32.0 Å². The Kier molecular flexibility index (Phi) is 5.88. The number of allylic oxidation sites excluding steroid dienone is 1. The van der Waals surface area contributed by atoms with Crippen LogP contribution in [0.2, 0.25) is 0 Å². The Bertz CT molecular complexity index is 609. The Balaban J connectivity index is 1.76. The summed E-state index contributed by atoms with van der Waals surface area (Å²) in [5.74, 6) is 0.210. The SMILES string of the molecule is C/C(=C/C(=O)NCC(O)COc1cccc(C(F)(F)F)c1)C1CC1. The molecule has 24 heavy (non-hydrogen) atoms. The van der Waals surface area contributed by atoms with E-state index in [2.05, 4.69) is 5.32 Å². The molecule has 1 aromatic carbocycles. The number of rotatable bonds is 7. The smallest absolute Gasteiger partial charge is 0.416 e. The molecule has 0 heterocycles. The zero-order valence-corrected chi connectivity index (χ0v) is 13.3. The Morgan fingerprint density at radius 1 is 1.46 bits per heavy atom. The molecule has 7 heteroatoms. The molecule has 0 saturated heterocycles. The third kappa shape index (κ3) is 5.88. The van der Waals surface area contributed by atoms with Gasteiger partial charge in [0.25, 0.3) is 0 Å². The number of carbonyl (C=O) groups excluding carboxylic acids is 1. The first-order valence-corrected chi connectivity index (χ1v) is 7.70. The monoisotopic (exact) mass is 343 g/mol. The van der Waals surface area contributed by atoms with Crippen molar-refractivity contribution in [1.29, 1.82) is 0 Å². The van der Waals surface area contributed by atoms with E-state index in [4.69, 9.17) is 4.74 Å². The summed E-state index contributed by atoms with van der Waals surface area (Å²) in [7, 11) is 0. The first kappa shape index (κ1) is 18.3. The number of alkyl halides is 3. The molecule has 1 aromatic rings. The minimum absolute atomic E-state index is 0.0136. The topological polar surface area (TPSA) is 58.6 Å². The second kappa shape index (κ2) is 7.70. The van der Waals surface area contributed by atoms with Crippen molar-refractivity contribution in [3.05, 3.63) is 41.5 Å². The van der Waals surface area contributed by atoms with E-state index in [1.165, 1.54) is 18.2 Å². The van der Waals surface area contributed by atoms with Gasteiger partial charge in [-0.15, -0.1) is 0 Å². The summed E-state index contributed by atoms with van der Waals surface area (Å²) in [6.45, 7) is 1.64. The number of hydrogen-bond acceptors (Lipinski definition) is 3. The van der Waals surface area contributed by atoms with Gasteiger partial charge in [0, 0.05) is 12.6 Å². The molecule has 0 aliphatic heterocycles. The van der Waals surface area contributed by atoms with E-state index in [-0.39, 0.29) is 24.8 Å². The maximum Gasteiger partial charge on any atom is 0.416 e. The highest BCUT2D eigenvalue weighted by Crippen LogP contribution is 2.35. The normalized spacial score (nSPS) is 16.6. The fourth-order valence-electron chi connectivity index (χ4n) is 2.15. The van der Waals surface area contributed by atoms with Gasteiger partial charge in [0.05, 0.1) is 5.56 Å². The first-order chi connectivity index (χ1) is 11.3. The van der Waals surface area contributed by atoms with Crippen LogP contribution in [0.5, 0.6) is 5.75 Å². The zero-order chi connectivity index (χ0) is 17.7. The number of benzene rings is 1. The van der Waals surface area contributed by atoms with Crippen molar-refractivity contribution in [3.63, 3.8) is 0 Å². The largest absolute Gasteiger partial charge is 0.491 e. The van der Waals surface area contributed by atoms with E-state index in [9.17, 15) is 23.1 Å². The van der Waals surface area contributed by atoms with Gasteiger partial charge >= 0.3 is 6.18 Å². The summed E-state index contributed by atoms with van der Waals surface area (Å²) in [5.41, 5.74) is 0.200. The number of ether oxygens (including phenoxy) is 1. The molecule has 132 valence electrons. The van der Waals surface area contributed by atoms with Crippen LogP contribution in [-0.4, -0.2) is 30.3 Å². The summed E-state index contributed by atoms with van der Waals surface area (Å²) in [5, 5.41) is 12.3. The van der Waals surface area contributed by atoms with Crippen LogP contribution in [0.1, 0.15) is 25.3 Å². The maximum absolute atomic E-state index is 12.6. The molecule has 0 radical (unpaired) electrons. The molecule has 1 fully saturated rings. The number of aliphatic hydroxyl groups excluding tert-OH is 1. The van der Waals surface area contributed by atoms with E-state index in [0.29, 0.717) is 5.92 Å². The minimum atomic E-state index is -4.45. The van der Waals surface area contributed by atoms with Crippen LogP contribution in [0.3, 0.4) is 0 Å². The van der Waals surface area contributed by atoms with Crippen LogP contribution in [0.15, 0.2) is 35.9 Å². The van der Waals surface area contributed by atoms with Crippen molar-refractivity contribution in [3.8, 4) is 5.75 Å². The molecule has 1 saturated carbocycles. The Morgan fingerprint density at radius 2 is 2.17 bits per heavy atom. The average molecular weight is 343 g/mol. The summed E-state index contributed by atoms with van der Waals surface area (Å²) >= 11 is 0. The molecule has 2 N–H and O–H groups in total. The van der Waals surface area contributed by atoms with E-state index < -0.39 is 17.8 Å². The van der Waals surface area contributed by atoms with E-state index >= 15 is 0 Å². The predicted octanol–water partition coefficient (Wildman–Crippen LogP) is 2.92. The van der Waals surface area contributed by atoms with Crippen LogP contribution in [0.25, 0.3) is 0 Å². The Hall–Kier alpha value is -2.02. The predicted molar refractivity (Wildman–Crippen MR) is 82.4 cm³/mol. The van der Waals surface area contributed by atoms with Crippen LogP contribution in [-0.2, 0) is 11.0 Å². The number of carbonyl (C=O) groups is 1. The molecule has 0 aromatic heterocycles. The Morgan fingerprint density at radius 3 is 2.79 bits per heavy atom. The van der Waals surface area contributed by atoms with Crippen LogP contribution in [0, 0.1) is 5.92 Å². The highest BCUT2D eigenvalue weighted by Gasteiger charge is 2.30. The molecule has 1 amide bonds. The van der Waals surface area contributed by atoms with Gasteiger partial charge in [-0.1, -0.05) is 11.6 Å². The molecule has 0 spiro atoms. The molecule has 4 nitrogen and oxygen atoms in total. The molecular weight excluding hydrogens is 323 g/mol. The van der Waals surface area contributed by atoms with Gasteiger partial charge in [-0.3, -0.25) is 4.79 Å². The van der Waals surface area contributed by atoms with Crippen molar-refractivity contribution in [1.82, 2.24) is 5.32 Å². The number of amides is 1. The van der Waals surface area contributed by atoms with Crippen molar-refractivity contribution in [2.24, 2.45) is 5.92 Å². The standard InChI is InChI=1S/C17H20F3NO3/c1-11(12-5-6-12)7-16(23)21-9-14(22)10-24-15-4-2-3-13(8-15)17(18,19)20/h2-4,7-8,12,14,22H,5-6,9-10H2,1H3,(H,21,23)/b11-7-. The summed E-state index contributed by atoms with van der Waals surface area (Å²) in [6.07, 6.45) is -1.75. The highest BCUT2D eigenvalue weighted by atomic mass is 19.4. The third-order valence-electron chi connectivity index (χ3n) is 3.70. The van der Waals surface area contributed by atoms with Crippen LogP contribution < -0.4 is 10.1 Å². The lowest BCUT2D eigenvalue weighted by molar-refractivity contribution is -0.137. The quantitative estimate of drug-likeness (QED) is 0.749. The highest BCUT2D eigenvalue weighted by molar-refractivity contribution is 5.88. The second-order valence-electron chi connectivity index (χ2n) is 5.90. The van der Waals surface area contributed by atoms with Gasteiger partial charge < -0.3 is 15.2 Å². The fraction of sp³-hybridized carbons (Fsp3) is 0.471. The Labute approximate surface area is 138 Å². The second-order valence-corrected chi connectivity index (χ2v) is 5.90.